The molecule has 31 heavy (non-hydrogen) atoms. The standard InChI is InChI=1S/C25H35N3O3/c1-3-21(13-12-19-8-10-20(17-29)11-9-19)27-16-24(30)22-6-4-5-7-23(22)28-15-18(2)14-25(26)31/h4-11,17-18,21,24,27-28,30H,3,12-16H2,1-2H3,(H2,26,31). The lowest BCUT2D eigenvalue weighted by Crippen LogP contribution is -2.33. The van der Waals surface area contributed by atoms with Crippen LogP contribution >= 0.6 is 0 Å². The second kappa shape index (κ2) is 12.9. The van der Waals surface area contributed by atoms with Crippen LogP contribution in [0.2, 0.25) is 0 Å². The molecular weight excluding hydrogens is 390 g/mol. The van der Waals surface area contributed by atoms with E-state index in [4.69, 9.17) is 5.73 Å². The van der Waals surface area contributed by atoms with Gasteiger partial charge in [-0.1, -0.05) is 56.3 Å². The Hall–Kier alpha value is -2.70. The molecule has 0 heterocycles. The van der Waals surface area contributed by atoms with E-state index in [-0.39, 0.29) is 17.9 Å². The molecule has 2 rings (SSSR count). The highest BCUT2D eigenvalue weighted by Gasteiger charge is 2.15. The number of amides is 1. The summed E-state index contributed by atoms with van der Waals surface area (Å²) in [7, 11) is 0. The highest BCUT2D eigenvalue weighted by Crippen LogP contribution is 2.23. The Morgan fingerprint density at radius 1 is 1.13 bits per heavy atom. The fraction of sp³-hybridized carbons (Fsp3) is 0.440. The van der Waals surface area contributed by atoms with Crippen molar-refractivity contribution >= 4 is 17.9 Å². The van der Waals surface area contributed by atoms with E-state index in [9.17, 15) is 14.7 Å². The number of aldehydes is 1. The minimum atomic E-state index is -0.643. The molecule has 5 N–H and O–H groups in total. The lowest BCUT2D eigenvalue weighted by atomic mass is 10.0. The van der Waals surface area contributed by atoms with Gasteiger partial charge in [-0.3, -0.25) is 9.59 Å². The minimum absolute atomic E-state index is 0.117. The van der Waals surface area contributed by atoms with E-state index < -0.39 is 6.10 Å². The van der Waals surface area contributed by atoms with Crippen LogP contribution in [0.3, 0.4) is 0 Å². The fourth-order valence-electron chi connectivity index (χ4n) is 3.59. The van der Waals surface area contributed by atoms with E-state index in [2.05, 4.69) is 17.6 Å². The molecule has 2 aromatic carbocycles. The summed E-state index contributed by atoms with van der Waals surface area (Å²) in [6.07, 6.45) is 3.37. The van der Waals surface area contributed by atoms with Gasteiger partial charge in [0.1, 0.15) is 6.29 Å². The van der Waals surface area contributed by atoms with Crippen molar-refractivity contribution < 1.29 is 14.7 Å². The summed E-state index contributed by atoms with van der Waals surface area (Å²) in [5, 5.41) is 17.6. The monoisotopic (exact) mass is 425 g/mol. The summed E-state index contributed by atoms with van der Waals surface area (Å²) in [4.78, 5) is 21.9. The lowest BCUT2D eigenvalue weighted by Gasteiger charge is -2.22. The van der Waals surface area contributed by atoms with Crippen LogP contribution in [0.15, 0.2) is 48.5 Å². The number of nitrogens with two attached hydrogens (primary N) is 1. The minimum Gasteiger partial charge on any atom is -0.387 e. The first-order chi connectivity index (χ1) is 14.9. The number of anilines is 1. The van der Waals surface area contributed by atoms with E-state index in [0.29, 0.717) is 25.1 Å². The SMILES string of the molecule is CCC(CCc1ccc(C=O)cc1)NCC(O)c1ccccc1NCC(C)CC(N)=O. The molecule has 0 saturated heterocycles. The normalized spacial score (nSPS) is 13.9. The van der Waals surface area contributed by atoms with Crippen LogP contribution in [-0.2, 0) is 11.2 Å². The van der Waals surface area contributed by atoms with Crippen molar-refractivity contribution in [2.75, 3.05) is 18.4 Å². The maximum absolute atomic E-state index is 11.1. The number of hydrogen-bond donors (Lipinski definition) is 4. The van der Waals surface area contributed by atoms with Gasteiger partial charge in [-0.25, -0.2) is 0 Å². The topological polar surface area (TPSA) is 104 Å². The van der Waals surface area contributed by atoms with E-state index in [1.165, 1.54) is 5.56 Å². The summed E-state index contributed by atoms with van der Waals surface area (Å²) >= 11 is 0. The second-order valence-electron chi connectivity index (χ2n) is 8.17. The van der Waals surface area contributed by atoms with Gasteiger partial charge in [0.05, 0.1) is 6.10 Å². The lowest BCUT2D eigenvalue weighted by molar-refractivity contribution is -0.118. The average molecular weight is 426 g/mol. The maximum Gasteiger partial charge on any atom is 0.217 e. The molecule has 0 bridgehead atoms. The van der Waals surface area contributed by atoms with Crippen LogP contribution in [0.25, 0.3) is 0 Å². The predicted octanol–water partition coefficient (Wildman–Crippen LogP) is 3.46. The Morgan fingerprint density at radius 2 is 1.84 bits per heavy atom. The molecule has 168 valence electrons. The van der Waals surface area contributed by atoms with E-state index >= 15 is 0 Å². The Balaban J connectivity index is 1.87. The van der Waals surface area contributed by atoms with Crippen molar-refractivity contribution in [2.24, 2.45) is 11.7 Å². The van der Waals surface area contributed by atoms with Gasteiger partial charge in [-0.15, -0.1) is 0 Å². The summed E-state index contributed by atoms with van der Waals surface area (Å²) in [5.41, 5.74) is 8.86. The number of rotatable bonds is 14. The third-order valence-electron chi connectivity index (χ3n) is 5.50. The molecule has 0 fully saturated rings. The summed E-state index contributed by atoms with van der Waals surface area (Å²) < 4.78 is 0. The molecule has 0 aromatic heterocycles. The molecule has 0 aliphatic heterocycles. The van der Waals surface area contributed by atoms with Crippen LogP contribution in [0.1, 0.15) is 60.7 Å². The second-order valence-corrected chi connectivity index (χ2v) is 8.17. The fourth-order valence-corrected chi connectivity index (χ4v) is 3.59. The van der Waals surface area contributed by atoms with E-state index in [1.54, 1.807) is 0 Å². The van der Waals surface area contributed by atoms with Crippen LogP contribution in [-0.4, -0.2) is 36.4 Å². The zero-order valence-electron chi connectivity index (χ0n) is 18.5. The molecule has 3 unspecified atom stereocenters. The van der Waals surface area contributed by atoms with Crippen molar-refractivity contribution in [3.63, 3.8) is 0 Å². The molecule has 6 nitrogen and oxygen atoms in total. The zero-order chi connectivity index (χ0) is 22.6. The average Bonchev–Trinajstić information content (AvgIpc) is 2.77. The number of benzene rings is 2. The molecule has 2 aromatic rings. The number of primary amides is 1. The zero-order valence-corrected chi connectivity index (χ0v) is 18.5. The van der Waals surface area contributed by atoms with Crippen molar-refractivity contribution in [1.29, 1.82) is 0 Å². The smallest absolute Gasteiger partial charge is 0.217 e. The van der Waals surface area contributed by atoms with Gasteiger partial charge >= 0.3 is 0 Å². The van der Waals surface area contributed by atoms with Crippen molar-refractivity contribution in [3.05, 3.63) is 65.2 Å². The molecule has 0 aliphatic carbocycles. The number of aryl methyl sites for hydroxylation is 1. The Labute approximate surface area is 185 Å². The van der Waals surface area contributed by atoms with Gasteiger partial charge in [0.15, 0.2) is 0 Å². The van der Waals surface area contributed by atoms with Crippen molar-refractivity contribution in [2.45, 2.75) is 51.7 Å². The van der Waals surface area contributed by atoms with Gasteiger partial charge in [-0.05, 0) is 36.8 Å². The molecular formula is C25H35N3O3. The van der Waals surface area contributed by atoms with Crippen molar-refractivity contribution in [3.8, 4) is 0 Å². The molecule has 6 heteroatoms. The van der Waals surface area contributed by atoms with Gasteiger partial charge in [0, 0.05) is 42.4 Å². The largest absolute Gasteiger partial charge is 0.387 e. The summed E-state index contributed by atoms with van der Waals surface area (Å²) in [6.45, 7) is 5.17. The number of nitrogens with one attached hydrogen (secondary N) is 2. The first-order valence-electron chi connectivity index (χ1n) is 11.0. The quantitative estimate of drug-likeness (QED) is 0.347. The Morgan fingerprint density at radius 3 is 2.48 bits per heavy atom. The number of carbonyl (C=O) groups is 2. The molecule has 0 radical (unpaired) electrons. The third kappa shape index (κ3) is 8.52. The number of hydrogen-bond acceptors (Lipinski definition) is 5. The molecule has 0 spiro atoms. The highest BCUT2D eigenvalue weighted by molar-refractivity contribution is 5.74. The Bertz CT molecular complexity index is 823. The molecule has 1 amide bonds. The number of aliphatic hydroxyl groups excluding tert-OH is 1. The van der Waals surface area contributed by atoms with Gasteiger partial charge in [0.25, 0.3) is 0 Å². The molecule has 0 saturated carbocycles. The van der Waals surface area contributed by atoms with Gasteiger partial charge in [0.2, 0.25) is 5.91 Å². The maximum atomic E-state index is 11.1. The van der Waals surface area contributed by atoms with Crippen LogP contribution < -0.4 is 16.4 Å². The van der Waals surface area contributed by atoms with E-state index in [1.807, 2.05) is 55.5 Å². The highest BCUT2D eigenvalue weighted by atomic mass is 16.3. The summed E-state index contributed by atoms with van der Waals surface area (Å²) in [5.74, 6) is -0.192. The van der Waals surface area contributed by atoms with Crippen molar-refractivity contribution in [1.82, 2.24) is 5.32 Å². The van der Waals surface area contributed by atoms with Crippen LogP contribution in [0.5, 0.6) is 0 Å². The van der Waals surface area contributed by atoms with Gasteiger partial charge < -0.3 is 21.5 Å². The van der Waals surface area contributed by atoms with Crippen LogP contribution in [0.4, 0.5) is 5.69 Å². The Kier molecular flexibility index (Phi) is 10.2. The number of para-hydroxylation sites is 1. The van der Waals surface area contributed by atoms with E-state index in [0.717, 1.165) is 36.8 Å². The third-order valence-corrected chi connectivity index (χ3v) is 5.50. The predicted molar refractivity (Wildman–Crippen MR) is 125 cm³/mol. The first kappa shape index (κ1) is 24.6. The molecule has 3 atom stereocenters. The number of aliphatic hydroxyl groups is 1. The molecule has 0 aliphatic rings. The van der Waals surface area contributed by atoms with Crippen LogP contribution in [0, 0.1) is 5.92 Å². The number of carbonyl (C=O) groups excluding carboxylic acids is 2. The van der Waals surface area contributed by atoms with Gasteiger partial charge in [-0.2, -0.15) is 0 Å². The first-order valence-corrected chi connectivity index (χ1v) is 11.0. The summed E-state index contributed by atoms with van der Waals surface area (Å²) in [6, 6.07) is 15.7.